The Balaban J connectivity index is 0.00000364. The summed E-state index contributed by atoms with van der Waals surface area (Å²) in [6.07, 6.45) is -0.769. The van der Waals surface area contributed by atoms with Crippen LogP contribution in [0.15, 0.2) is 54.5 Å². The molecule has 0 spiro atoms. The molecular weight excluding hydrogens is 298 g/mol. The quantitative estimate of drug-likeness (QED) is 0.772. The van der Waals surface area contributed by atoms with E-state index in [1.54, 1.807) is 31.4 Å². The summed E-state index contributed by atoms with van der Waals surface area (Å²) in [7, 11) is 5.39. The highest BCUT2D eigenvalue weighted by molar-refractivity contribution is 5.85. The summed E-state index contributed by atoms with van der Waals surface area (Å²) in [5.74, 6) is 0.668. The van der Waals surface area contributed by atoms with Crippen molar-refractivity contribution in [1.29, 1.82) is 0 Å². The molecule has 1 unspecified atom stereocenters. The Hall–Kier alpha value is -1.55. The highest BCUT2D eigenvalue weighted by Crippen LogP contribution is 2.27. The molecular formula is C18H24ClNO2. The first kappa shape index (κ1) is 11.9. The summed E-state index contributed by atoms with van der Waals surface area (Å²) in [6.45, 7) is 0.997. The smallest absolute Gasteiger partial charge is 0.118 e. The highest BCUT2D eigenvalue weighted by Gasteiger charge is 2.14. The molecule has 0 radical (unpaired) electrons. The lowest BCUT2D eigenvalue weighted by atomic mass is 10.0. The minimum atomic E-state index is -0.769. The van der Waals surface area contributed by atoms with Gasteiger partial charge in [-0.3, -0.25) is 0 Å². The van der Waals surface area contributed by atoms with E-state index in [0.29, 0.717) is 24.5 Å². The van der Waals surface area contributed by atoms with E-state index in [-0.39, 0.29) is 42.1 Å². The monoisotopic (exact) mass is 326 g/mol. The van der Waals surface area contributed by atoms with Gasteiger partial charge in [-0.05, 0) is 37.4 Å². The first-order valence-corrected chi connectivity index (χ1v) is 6.75. The minimum absolute atomic E-state index is 0. The molecule has 0 aromatic heterocycles. The molecule has 0 amide bonds. The molecule has 0 heterocycles. The fourth-order valence-electron chi connectivity index (χ4n) is 1.87. The number of methoxy groups -OCH3 is 1. The first-order chi connectivity index (χ1) is 12.3. The van der Waals surface area contributed by atoms with Crippen LogP contribution < -0.4 is 4.74 Å². The zero-order valence-corrected chi connectivity index (χ0v) is 13.8. The lowest BCUT2D eigenvalue weighted by Gasteiger charge is -2.20. The van der Waals surface area contributed by atoms with Gasteiger partial charge in [0.1, 0.15) is 11.9 Å². The van der Waals surface area contributed by atoms with Crippen molar-refractivity contribution < 1.29 is 16.3 Å². The fraction of sp³-hybridized carbons (Fsp3) is 0.333. The van der Waals surface area contributed by atoms with Crippen LogP contribution in [0.2, 0.25) is 0 Å². The van der Waals surface area contributed by atoms with E-state index in [0.717, 1.165) is 0 Å². The van der Waals surface area contributed by atoms with Gasteiger partial charge in [0.15, 0.2) is 0 Å². The van der Waals surface area contributed by atoms with Crippen molar-refractivity contribution in [3.63, 3.8) is 0 Å². The molecule has 0 aliphatic carbocycles. The number of benzene rings is 2. The van der Waals surface area contributed by atoms with Crippen LogP contribution >= 0.6 is 12.4 Å². The third-order valence-corrected chi connectivity index (χ3v) is 3.02. The van der Waals surface area contributed by atoms with E-state index in [2.05, 4.69) is 0 Å². The fourth-order valence-corrected chi connectivity index (χ4v) is 1.87. The maximum absolute atomic E-state index is 8.23. The van der Waals surface area contributed by atoms with E-state index >= 15 is 0 Å². The van der Waals surface area contributed by atoms with Gasteiger partial charge in [-0.1, -0.05) is 42.3 Å². The number of hydrogen-bond acceptors (Lipinski definition) is 3. The van der Waals surface area contributed by atoms with Crippen molar-refractivity contribution in [2.24, 2.45) is 0 Å². The van der Waals surface area contributed by atoms with Crippen molar-refractivity contribution in [3.05, 3.63) is 65.6 Å². The molecule has 2 aromatic rings. The van der Waals surface area contributed by atoms with E-state index in [1.165, 1.54) is 0 Å². The SMILES string of the molecule is Cl.[2H]c1c([2H])c([2H])c(C(OCCN(C)C)c2ccc(OC)cc2)c([2H])c1[2H]. The number of halogens is 1. The van der Waals surface area contributed by atoms with Gasteiger partial charge in [0.2, 0.25) is 0 Å². The Morgan fingerprint density at radius 3 is 2.23 bits per heavy atom. The summed E-state index contributed by atoms with van der Waals surface area (Å²) in [4.78, 5) is 1.95. The average molecular weight is 327 g/mol. The highest BCUT2D eigenvalue weighted by atomic mass is 35.5. The zero-order valence-electron chi connectivity index (χ0n) is 18.0. The molecule has 22 heavy (non-hydrogen) atoms. The topological polar surface area (TPSA) is 21.7 Å². The number of rotatable bonds is 7. The second-order valence-corrected chi connectivity index (χ2v) is 4.87. The largest absolute Gasteiger partial charge is 0.497 e. The zero-order chi connectivity index (χ0) is 19.4. The molecule has 3 nitrogen and oxygen atoms in total. The van der Waals surface area contributed by atoms with Crippen molar-refractivity contribution in [2.75, 3.05) is 34.4 Å². The van der Waals surface area contributed by atoms with E-state index in [1.807, 2.05) is 19.0 Å². The molecule has 0 saturated heterocycles. The first-order valence-electron chi connectivity index (χ1n) is 9.25. The Labute approximate surface area is 146 Å². The van der Waals surface area contributed by atoms with Crippen molar-refractivity contribution in [3.8, 4) is 5.75 Å². The predicted molar refractivity (Wildman–Crippen MR) is 93.0 cm³/mol. The Morgan fingerprint density at radius 1 is 1.05 bits per heavy atom. The van der Waals surface area contributed by atoms with Crippen LogP contribution in [0.4, 0.5) is 0 Å². The Kier molecular flexibility index (Phi) is 5.14. The van der Waals surface area contributed by atoms with Gasteiger partial charge in [0, 0.05) is 6.54 Å². The van der Waals surface area contributed by atoms with Crippen LogP contribution in [0, 0.1) is 0 Å². The molecule has 0 N–H and O–H groups in total. The van der Waals surface area contributed by atoms with E-state index in [4.69, 9.17) is 16.3 Å². The van der Waals surface area contributed by atoms with Crippen molar-refractivity contribution in [2.45, 2.75) is 6.10 Å². The second-order valence-electron chi connectivity index (χ2n) is 4.87. The van der Waals surface area contributed by atoms with E-state index < -0.39 is 12.1 Å². The van der Waals surface area contributed by atoms with Crippen LogP contribution in [-0.4, -0.2) is 39.3 Å². The Bertz CT molecular complexity index is 742. The Morgan fingerprint density at radius 2 is 1.68 bits per heavy atom. The number of likely N-dealkylation sites (N-methyl/N-ethyl adjacent to an activating group) is 1. The standard InChI is InChI=1S/C18H23NO2.ClH/c1-19(2)13-14-21-18(15-7-5-4-6-8-15)16-9-11-17(20-3)12-10-16;/h4-12,18H,13-14H2,1-3H3;1H/i4D,5D,6D,7D,8D;. The maximum Gasteiger partial charge on any atom is 0.118 e. The van der Waals surface area contributed by atoms with Crippen molar-refractivity contribution in [1.82, 2.24) is 4.90 Å². The summed E-state index contributed by atoms with van der Waals surface area (Å²) < 4.78 is 51.2. The molecule has 0 saturated carbocycles. The summed E-state index contributed by atoms with van der Waals surface area (Å²) in [5.41, 5.74) is 0.836. The van der Waals surface area contributed by atoms with Crippen molar-refractivity contribution >= 4 is 12.4 Å². The third kappa shape index (κ3) is 5.34. The van der Waals surface area contributed by atoms with E-state index in [9.17, 15) is 0 Å². The summed E-state index contributed by atoms with van der Waals surface area (Å²) in [5, 5.41) is 0. The molecule has 2 aromatic carbocycles. The van der Waals surface area contributed by atoms with Gasteiger partial charge < -0.3 is 14.4 Å². The molecule has 0 aliphatic rings. The van der Waals surface area contributed by atoms with Crippen LogP contribution in [0.3, 0.4) is 0 Å². The lowest BCUT2D eigenvalue weighted by Crippen LogP contribution is -2.20. The van der Waals surface area contributed by atoms with Crippen LogP contribution in [0.5, 0.6) is 5.75 Å². The molecule has 2 rings (SSSR count). The summed E-state index contributed by atoms with van der Waals surface area (Å²) in [6, 6.07) is 5.43. The number of nitrogens with zero attached hydrogens (tertiary/aromatic N) is 1. The predicted octanol–water partition coefficient (Wildman–Crippen LogP) is 3.78. The van der Waals surface area contributed by atoms with Gasteiger partial charge in [0.25, 0.3) is 0 Å². The van der Waals surface area contributed by atoms with Gasteiger partial charge in [-0.25, -0.2) is 0 Å². The molecule has 0 fully saturated rings. The number of ether oxygens (including phenoxy) is 2. The van der Waals surface area contributed by atoms with Gasteiger partial charge in [-0.2, -0.15) is 0 Å². The number of hydrogen-bond donors (Lipinski definition) is 0. The molecule has 0 bridgehead atoms. The molecule has 120 valence electrons. The van der Waals surface area contributed by atoms with Crippen LogP contribution in [-0.2, 0) is 4.74 Å². The van der Waals surface area contributed by atoms with Gasteiger partial charge in [0.05, 0.1) is 20.6 Å². The maximum atomic E-state index is 8.23. The van der Waals surface area contributed by atoms with Gasteiger partial charge >= 0.3 is 0 Å². The molecule has 4 heteroatoms. The third-order valence-electron chi connectivity index (χ3n) is 3.02. The lowest BCUT2D eigenvalue weighted by molar-refractivity contribution is 0.0687. The van der Waals surface area contributed by atoms with Crippen LogP contribution in [0.1, 0.15) is 24.1 Å². The normalized spacial score (nSPS) is 15.0. The average Bonchev–Trinajstić information content (AvgIpc) is 2.63. The minimum Gasteiger partial charge on any atom is -0.497 e. The second kappa shape index (κ2) is 9.46. The summed E-state index contributed by atoms with van der Waals surface area (Å²) >= 11 is 0. The molecule has 1 atom stereocenters. The molecule has 0 aliphatic heterocycles. The van der Waals surface area contributed by atoms with Crippen LogP contribution in [0.25, 0.3) is 0 Å². The van der Waals surface area contributed by atoms with Gasteiger partial charge in [-0.15, -0.1) is 12.4 Å².